The smallest absolute Gasteiger partial charge is 0.220 e. The van der Waals surface area contributed by atoms with E-state index >= 15 is 0 Å². The van der Waals surface area contributed by atoms with E-state index in [0.717, 1.165) is 0 Å². The molecular weight excluding hydrogens is 139 g/mol. The van der Waals surface area contributed by atoms with Gasteiger partial charge in [-0.05, 0) is 6.07 Å². The van der Waals surface area contributed by atoms with Crippen LogP contribution in [0, 0.1) is 0 Å². The van der Waals surface area contributed by atoms with Crippen LogP contribution in [-0.4, -0.2) is 49.1 Å². The number of nitrogens with zero attached hydrogens (tertiary/aromatic N) is 4. The first kappa shape index (κ1) is 7.65. The van der Waals surface area contributed by atoms with E-state index in [1.165, 1.54) is 6.33 Å². The van der Waals surface area contributed by atoms with E-state index in [1.54, 1.807) is 16.9 Å². The van der Waals surface area contributed by atoms with Crippen molar-refractivity contribution in [3.63, 3.8) is 0 Å². The monoisotopic (exact) mass is 144 g/mol. The quantitative estimate of drug-likeness (QED) is 0.467. The topological polar surface area (TPSA) is 43.1 Å². The molecule has 4 nitrogen and oxygen atoms in total. The van der Waals surface area contributed by atoms with Crippen molar-refractivity contribution in [3.8, 4) is 0 Å². The van der Waals surface area contributed by atoms with E-state index in [2.05, 4.69) is 15.1 Å². The van der Waals surface area contributed by atoms with Crippen molar-refractivity contribution in [3.05, 3.63) is 24.8 Å². The Hall–Kier alpha value is -0.450. The molecule has 2 aromatic rings. The van der Waals surface area contributed by atoms with Crippen molar-refractivity contribution < 1.29 is 0 Å². The van der Waals surface area contributed by atoms with E-state index in [0.29, 0.717) is 5.78 Å². The fraction of sp³-hybridized carbons (Fsp3) is 0. The molecule has 0 radical (unpaired) electrons. The maximum Gasteiger partial charge on any atom is 0.252 e. The average molecular weight is 144 g/mol. The largest absolute Gasteiger partial charge is 0.252 e. The van der Waals surface area contributed by atoms with Gasteiger partial charge in [-0.1, -0.05) is 0 Å². The molecule has 0 amide bonds. The van der Waals surface area contributed by atoms with Crippen LogP contribution in [0.25, 0.3) is 5.78 Å². The van der Waals surface area contributed by atoms with Crippen molar-refractivity contribution in [2.75, 3.05) is 0 Å². The second kappa shape index (κ2) is 3.09. The molecule has 0 aliphatic heterocycles. The average Bonchev–Trinajstić information content (AvgIpc) is 2.33. The van der Waals surface area contributed by atoms with Gasteiger partial charge in [-0.3, -0.25) is 0 Å². The molecular formula is C5H5N4Na. The van der Waals surface area contributed by atoms with E-state index in [4.69, 9.17) is 0 Å². The molecule has 0 saturated carbocycles. The summed E-state index contributed by atoms with van der Waals surface area (Å²) in [5.74, 6) is 0.637. The first-order valence-corrected chi connectivity index (χ1v) is 2.57. The zero-order chi connectivity index (χ0) is 6.10. The van der Waals surface area contributed by atoms with Crippen LogP contribution in [0.4, 0.5) is 0 Å². The van der Waals surface area contributed by atoms with Crippen molar-refractivity contribution in [2.45, 2.75) is 0 Å². The molecule has 46 valence electrons. The Kier molecular flexibility index (Phi) is 2.37. The summed E-state index contributed by atoms with van der Waals surface area (Å²) in [6.45, 7) is 0. The minimum absolute atomic E-state index is 0. The molecule has 10 heavy (non-hydrogen) atoms. The third kappa shape index (κ3) is 1.18. The molecule has 0 spiro atoms. The molecule has 2 rings (SSSR count). The SMILES string of the molecule is [NaH].c1cnc2ncnn2c1. The first-order valence-electron chi connectivity index (χ1n) is 2.57. The van der Waals surface area contributed by atoms with Crippen molar-refractivity contribution in [1.82, 2.24) is 19.6 Å². The molecule has 5 heteroatoms. The predicted molar refractivity (Wildman–Crippen MR) is 37.9 cm³/mol. The van der Waals surface area contributed by atoms with Gasteiger partial charge < -0.3 is 0 Å². The van der Waals surface area contributed by atoms with Crippen LogP contribution in [0.3, 0.4) is 0 Å². The number of hydrogen-bond acceptors (Lipinski definition) is 3. The Labute approximate surface area is 79.6 Å². The summed E-state index contributed by atoms with van der Waals surface area (Å²) < 4.78 is 1.61. The Morgan fingerprint density at radius 3 is 3.00 bits per heavy atom. The molecule has 2 heterocycles. The molecule has 0 saturated heterocycles. The van der Waals surface area contributed by atoms with Crippen LogP contribution in [-0.2, 0) is 0 Å². The van der Waals surface area contributed by atoms with Gasteiger partial charge in [0, 0.05) is 12.4 Å². The van der Waals surface area contributed by atoms with Gasteiger partial charge in [0.25, 0.3) is 5.78 Å². The maximum atomic E-state index is 3.93. The molecule has 0 unspecified atom stereocenters. The molecule has 2 aromatic heterocycles. The number of aromatic nitrogens is 4. The third-order valence-corrected chi connectivity index (χ3v) is 1.06. The standard InChI is InChI=1S/C5H4N4.Na.H/c1-2-6-5-7-4-8-9(5)3-1;;/h1-4H;;. The summed E-state index contributed by atoms with van der Waals surface area (Å²) in [5, 5.41) is 3.86. The summed E-state index contributed by atoms with van der Waals surface area (Å²) in [6, 6.07) is 1.81. The van der Waals surface area contributed by atoms with E-state index in [-0.39, 0.29) is 29.6 Å². The van der Waals surface area contributed by atoms with Crippen molar-refractivity contribution in [2.24, 2.45) is 0 Å². The van der Waals surface area contributed by atoms with Gasteiger partial charge >= 0.3 is 29.6 Å². The van der Waals surface area contributed by atoms with E-state index in [1.807, 2.05) is 6.07 Å². The Balaban J connectivity index is 0.000000500. The molecule has 0 N–H and O–H groups in total. The van der Waals surface area contributed by atoms with Crippen LogP contribution < -0.4 is 0 Å². The minimum atomic E-state index is 0. The summed E-state index contributed by atoms with van der Waals surface area (Å²) in [7, 11) is 0. The number of rotatable bonds is 0. The molecule has 0 aliphatic rings. The van der Waals surface area contributed by atoms with Gasteiger partial charge in [-0.25, -0.2) is 9.50 Å². The first-order chi connectivity index (χ1) is 4.47. The van der Waals surface area contributed by atoms with Gasteiger partial charge in [0.15, 0.2) is 0 Å². The maximum absolute atomic E-state index is 3.93. The van der Waals surface area contributed by atoms with Gasteiger partial charge in [-0.2, -0.15) is 10.1 Å². The van der Waals surface area contributed by atoms with Crippen LogP contribution in [0.5, 0.6) is 0 Å². The molecule has 0 bridgehead atoms. The molecule has 0 fully saturated rings. The van der Waals surface area contributed by atoms with Crippen molar-refractivity contribution in [1.29, 1.82) is 0 Å². The van der Waals surface area contributed by atoms with E-state index < -0.39 is 0 Å². The fourth-order valence-electron chi connectivity index (χ4n) is 0.671. The zero-order valence-electron chi connectivity index (χ0n) is 4.60. The van der Waals surface area contributed by atoms with Crippen LogP contribution >= 0.6 is 0 Å². The molecule has 0 aliphatic carbocycles. The Morgan fingerprint density at radius 1 is 1.30 bits per heavy atom. The van der Waals surface area contributed by atoms with Gasteiger partial charge in [0.2, 0.25) is 0 Å². The van der Waals surface area contributed by atoms with Crippen LogP contribution in [0.2, 0.25) is 0 Å². The Morgan fingerprint density at radius 2 is 2.20 bits per heavy atom. The minimum Gasteiger partial charge on any atom is -0.220 e. The third-order valence-electron chi connectivity index (χ3n) is 1.06. The second-order valence-corrected chi connectivity index (χ2v) is 1.62. The summed E-state index contributed by atoms with van der Waals surface area (Å²) in [6.07, 6.45) is 4.96. The normalized spacial score (nSPS) is 9.20. The number of hydrogen-bond donors (Lipinski definition) is 0. The van der Waals surface area contributed by atoms with Crippen LogP contribution in [0.15, 0.2) is 24.8 Å². The zero-order valence-corrected chi connectivity index (χ0v) is 4.60. The predicted octanol–water partition coefficient (Wildman–Crippen LogP) is -0.524. The second-order valence-electron chi connectivity index (χ2n) is 1.62. The fourth-order valence-corrected chi connectivity index (χ4v) is 0.671. The summed E-state index contributed by atoms with van der Waals surface area (Å²) in [5.41, 5.74) is 0. The van der Waals surface area contributed by atoms with Crippen LogP contribution in [0.1, 0.15) is 0 Å². The van der Waals surface area contributed by atoms with Crippen molar-refractivity contribution >= 4 is 35.3 Å². The molecule has 0 atom stereocenters. The summed E-state index contributed by atoms with van der Waals surface area (Å²) >= 11 is 0. The van der Waals surface area contributed by atoms with Gasteiger partial charge in [-0.15, -0.1) is 0 Å². The van der Waals surface area contributed by atoms with Gasteiger partial charge in [0.05, 0.1) is 0 Å². The van der Waals surface area contributed by atoms with Gasteiger partial charge in [0.1, 0.15) is 6.33 Å². The molecule has 0 aromatic carbocycles. The Bertz CT molecular complexity index is 288. The number of fused-ring (bicyclic) bond motifs is 1. The van der Waals surface area contributed by atoms with E-state index in [9.17, 15) is 0 Å². The summed E-state index contributed by atoms with van der Waals surface area (Å²) in [4.78, 5) is 7.79.